The molecule has 0 heterocycles. The molecule has 1 atom stereocenters. The molecule has 56 valence electrons. The highest BCUT2D eigenvalue weighted by molar-refractivity contribution is 8.00. The monoisotopic (exact) mass is 164 g/mol. The normalized spacial score (nSPS) is 15.7. The van der Waals surface area contributed by atoms with Crippen molar-refractivity contribution in [2.24, 2.45) is 5.92 Å². The Labute approximate surface area is 69.2 Å². The van der Waals surface area contributed by atoms with Crippen molar-refractivity contribution in [2.45, 2.75) is 37.7 Å². The largest absolute Gasteiger partial charge is 0.162 e. The zero-order chi connectivity index (χ0) is 7.49. The van der Waals surface area contributed by atoms with E-state index in [0.717, 1.165) is 12.8 Å². The van der Waals surface area contributed by atoms with Crippen molar-refractivity contribution in [1.82, 2.24) is 0 Å². The van der Waals surface area contributed by atoms with Crippen LogP contribution in [0.2, 0.25) is 0 Å². The first-order chi connectivity index (χ1) is 4.04. The lowest BCUT2D eigenvalue weighted by Crippen LogP contribution is -2.21. The molecule has 0 radical (unpaired) electrons. The molecular weight excluding hydrogens is 148 g/mol. The Bertz CT molecular complexity index is 79.0. The summed E-state index contributed by atoms with van der Waals surface area (Å²) in [7, 11) is 0. The average Bonchev–Trinajstić information content (AvgIpc) is 1.86. The lowest BCUT2D eigenvalue weighted by molar-refractivity contribution is 0.497. The zero-order valence-corrected chi connectivity index (χ0v) is 8.17. The minimum Gasteiger partial charge on any atom is -0.162 e. The maximum absolute atomic E-state index is 4.43. The summed E-state index contributed by atoms with van der Waals surface area (Å²) in [5, 5.41) is 0. The highest BCUT2D eigenvalue weighted by Gasteiger charge is 2.23. The summed E-state index contributed by atoms with van der Waals surface area (Å²) in [5.74, 6) is 0.592. The predicted octanol–water partition coefficient (Wildman–Crippen LogP) is 3.00. The summed E-state index contributed by atoms with van der Waals surface area (Å²) in [5.41, 5.74) is 0. The first-order valence-corrected chi connectivity index (χ1v) is 4.38. The third-order valence-corrected chi connectivity index (χ3v) is 3.44. The van der Waals surface area contributed by atoms with Crippen LogP contribution in [-0.4, -0.2) is 4.08 Å². The van der Waals surface area contributed by atoms with Crippen molar-refractivity contribution >= 4 is 25.3 Å². The van der Waals surface area contributed by atoms with Crippen molar-refractivity contribution in [3.63, 3.8) is 0 Å². The van der Waals surface area contributed by atoms with Crippen LogP contribution in [-0.2, 0) is 0 Å². The molecule has 0 fully saturated rings. The van der Waals surface area contributed by atoms with E-state index in [4.69, 9.17) is 0 Å². The minimum absolute atomic E-state index is 0.0608. The molecule has 0 nitrogen and oxygen atoms in total. The summed E-state index contributed by atoms with van der Waals surface area (Å²) < 4.78 is -0.0608. The molecule has 0 aliphatic carbocycles. The first kappa shape index (κ1) is 9.70. The van der Waals surface area contributed by atoms with Crippen molar-refractivity contribution in [3.05, 3.63) is 0 Å². The summed E-state index contributed by atoms with van der Waals surface area (Å²) in [6.07, 6.45) is 2.18. The van der Waals surface area contributed by atoms with Crippen molar-refractivity contribution < 1.29 is 0 Å². The van der Waals surface area contributed by atoms with E-state index in [1.54, 1.807) is 0 Å². The fourth-order valence-electron chi connectivity index (χ4n) is 0.675. The average molecular weight is 164 g/mol. The van der Waals surface area contributed by atoms with Gasteiger partial charge in [-0.1, -0.05) is 27.2 Å². The smallest absolute Gasteiger partial charge is 0.0574 e. The van der Waals surface area contributed by atoms with E-state index < -0.39 is 0 Å². The third kappa shape index (κ3) is 2.85. The van der Waals surface area contributed by atoms with Crippen LogP contribution >= 0.6 is 25.3 Å². The molecule has 0 saturated carbocycles. The Morgan fingerprint density at radius 2 is 1.78 bits per heavy atom. The van der Waals surface area contributed by atoms with Gasteiger partial charge >= 0.3 is 0 Å². The fourth-order valence-corrected chi connectivity index (χ4v) is 1.04. The van der Waals surface area contributed by atoms with Gasteiger partial charge in [-0.15, -0.1) is 0 Å². The highest BCUT2D eigenvalue weighted by Crippen LogP contribution is 2.34. The Balaban J connectivity index is 3.80. The van der Waals surface area contributed by atoms with Gasteiger partial charge in [-0.25, -0.2) is 0 Å². The molecule has 0 spiro atoms. The van der Waals surface area contributed by atoms with Crippen LogP contribution in [0.5, 0.6) is 0 Å². The van der Waals surface area contributed by atoms with E-state index in [0.29, 0.717) is 5.92 Å². The van der Waals surface area contributed by atoms with E-state index in [-0.39, 0.29) is 4.08 Å². The molecule has 2 heteroatoms. The van der Waals surface area contributed by atoms with E-state index in [9.17, 15) is 0 Å². The van der Waals surface area contributed by atoms with Crippen molar-refractivity contribution in [1.29, 1.82) is 0 Å². The molecule has 0 aromatic rings. The van der Waals surface area contributed by atoms with Gasteiger partial charge in [0.15, 0.2) is 0 Å². The van der Waals surface area contributed by atoms with Gasteiger partial charge in [0, 0.05) is 0 Å². The standard InChI is InChI=1S/C7H16S2/c1-4-6(3)7(8,9)5-2/h6,8-9H,4-5H2,1-3H3. The SMILES string of the molecule is CCC(C)C(S)(S)CC. The quantitative estimate of drug-likeness (QED) is 0.465. The lowest BCUT2D eigenvalue weighted by atomic mass is 10.0. The lowest BCUT2D eigenvalue weighted by Gasteiger charge is -2.27. The van der Waals surface area contributed by atoms with Crippen LogP contribution in [0.4, 0.5) is 0 Å². The van der Waals surface area contributed by atoms with Crippen molar-refractivity contribution in [3.8, 4) is 0 Å². The van der Waals surface area contributed by atoms with Crippen LogP contribution in [0, 0.1) is 5.92 Å². The Hall–Kier alpha value is 0.700. The summed E-state index contributed by atoms with van der Waals surface area (Å²) in [6, 6.07) is 0. The van der Waals surface area contributed by atoms with E-state index in [2.05, 4.69) is 46.0 Å². The molecule has 1 unspecified atom stereocenters. The topological polar surface area (TPSA) is 0 Å². The van der Waals surface area contributed by atoms with E-state index in [1.807, 2.05) is 0 Å². The molecule has 0 N–H and O–H groups in total. The van der Waals surface area contributed by atoms with Gasteiger partial charge in [-0.2, -0.15) is 25.3 Å². The summed E-state index contributed by atoms with van der Waals surface area (Å²) >= 11 is 8.85. The van der Waals surface area contributed by atoms with Crippen LogP contribution in [0.1, 0.15) is 33.6 Å². The zero-order valence-electron chi connectivity index (χ0n) is 6.39. The Morgan fingerprint density at radius 1 is 1.33 bits per heavy atom. The molecule has 0 aromatic heterocycles. The van der Waals surface area contributed by atoms with Gasteiger partial charge in [0.05, 0.1) is 4.08 Å². The van der Waals surface area contributed by atoms with Gasteiger partial charge in [-0.05, 0) is 12.3 Å². The van der Waals surface area contributed by atoms with Gasteiger partial charge in [-0.3, -0.25) is 0 Å². The van der Waals surface area contributed by atoms with Crippen LogP contribution in [0.25, 0.3) is 0 Å². The number of hydrogen-bond donors (Lipinski definition) is 2. The summed E-state index contributed by atoms with van der Waals surface area (Å²) in [4.78, 5) is 0. The third-order valence-electron chi connectivity index (χ3n) is 1.92. The molecule has 0 rings (SSSR count). The number of thiol groups is 2. The van der Waals surface area contributed by atoms with Gasteiger partial charge in [0.2, 0.25) is 0 Å². The molecule has 9 heavy (non-hydrogen) atoms. The number of hydrogen-bond acceptors (Lipinski definition) is 2. The second-order valence-corrected chi connectivity index (χ2v) is 4.49. The van der Waals surface area contributed by atoms with E-state index >= 15 is 0 Å². The Morgan fingerprint density at radius 3 is 1.89 bits per heavy atom. The molecule has 0 aliphatic rings. The van der Waals surface area contributed by atoms with Gasteiger partial charge in [0.1, 0.15) is 0 Å². The maximum Gasteiger partial charge on any atom is 0.0574 e. The molecular formula is C7H16S2. The molecule has 0 aromatic carbocycles. The van der Waals surface area contributed by atoms with Crippen LogP contribution < -0.4 is 0 Å². The predicted molar refractivity (Wildman–Crippen MR) is 50.4 cm³/mol. The first-order valence-electron chi connectivity index (χ1n) is 3.49. The van der Waals surface area contributed by atoms with Gasteiger partial charge in [0.25, 0.3) is 0 Å². The molecule has 0 bridgehead atoms. The summed E-state index contributed by atoms with van der Waals surface area (Å²) in [6.45, 7) is 6.47. The highest BCUT2D eigenvalue weighted by atomic mass is 32.2. The van der Waals surface area contributed by atoms with E-state index in [1.165, 1.54) is 0 Å². The second-order valence-electron chi connectivity index (χ2n) is 2.54. The van der Waals surface area contributed by atoms with Crippen molar-refractivity contribution in [2.75, 3.05) is 0 Å². The second kappa shape index (κ2) is 3.77. The molecule has 0 amide bonds. The van der Waals surface area contributed by atoms with Crippen LogP contribution in [0.15, 0.2) is 0 Å². The maximum atomic E-state index is 4.43. The fraction of sp³-hybridized carbons (Fsp3) is 1.00. The van der Waals surface area contributed by atoms with Crippen LogP contribution in [0.3, 0.4) is 0 Å². The Kier molecular flexibility index (Phi) is 4.06. The molecule has 0 aliphatic heterocycles. The number of rotatable bonds is 3. The minimum atomic E-state index is -0.0608. The molecule has 0 saturated heterocycles. The van der Waals surface area contributed by atoms with Gasteiger partial charge < -0.3 is 0 Å².